The molecule has 2 heterocycles. The van der Waals surface area contributed by atoms with Gasteiger partial charge in [-0.15, -0.1) is 0 Å². The van der Waals surface area contributed by atoms with Crippen LogP contribution in [0.2, 0.25) is 0 Å². The molecule has 36 heavy (non-hydrogen) atoms. The number of alkyl halides is 6. The normalized spacial score (nSPS) is 20.4. The molecule has 1 N–H and O–H groups in total. The number of ether oxygens (including phenoxy) is 2. The van der Waals surface area contributed by atoms with Gasteiger partial charge in [-0.3, -0.25) is 10.00 Å². The van der Waals surface area contributed by atoms with Gasteiger partial charge in [-0.25, -0.2) is 9.37 Å². The Morgan fingerprint density at radius 3 is 2.25 bits per heavy atom. The fourth-order valence-corrected chi connectivity index (χ4v) is 4.00. The molecule has 3 aromatic rings. The lowest BCUT2D eigenvalue weighted by Crippen LogP contribution is -2.46. The van der Waals surface area contributed by atoms with Crippen LogP contribution in [0.3, 0.4) is 0 Å². The Morgan fingerprint density at radius 1 is 1.06 bits per heavy atom. The van der Waals surface area contributed by atoms with Crippen LogP contribution < -0.4 is 0 Å². The van der Waals surface area contributed by atoms with Gasteiger partial charge in [-0.1, -0.05) is 12.1 Å². The number of nitrogens with zero attached hydrogens (tertiary/aromatic N) is 3. The summed E-state index contributed by atoms with van der Waals surface area (Å²) in [6, 6.07) is 6.14. The number of nitrogens with one attached hydrogen (secondary N) is 1. The van der Waals surface area contributed by atoms with Crippen LogP contribution in [-0.4, -0.2) is 39.5 Å². The van der Waals surface area contributed by atoms with Crippen molar-refractivity contribution in [3.05, 3.63) is 82.7 Å². The molecule has 0 spiro atoms. The fourth-order valence-electron chi connectivity index (χ4n) is 4.00. The average Bonchev–Trinajstić information content (AvgIpc) is 3.32. The second kappa shape index (κ2) is 10.1. The zero-order chi connectivity index (χ0) is 26.1. The topological polar surface area (TPSA) is 63.3 Å². The van der Waals surface area contributed by atoms with Gasteiger partial charge >= 0.3 is 12.4 Å². The Hall–Kier alpha value is -3.03. The zero-order valence-corrected chi connectivity index (χ0v) is 18.8. The van der Waals surface area contributed by atoms with Gasteiger partial charge < -0.3 is 9.47 Å². The Labute approximate surface area is 201 Å². The van der Waals surface area contributed by atoms with Gasteiger partial charge in [0.1, 0.15) is 18.0 Å². The average molecular weight is 518 g/mol. The van der Waals surface area contributed by atoms with E-state index in [-0.39, 0.29) is 24.8 Å². The molecular formula is C23H21F7N4O2. The number of morpholine rings is 1. The van der Waals surface area contributed by atoms with Crippen molar-refractivity contribution >= 4 is 0 Å². The van der Waals surface area contributed by atoms with Crippen LogP contribution in [0.15, 0.2) is 48.8 Å². The number of benzene rings is 2. The number of rotatable bonds is 6. The van der Waals surface area contributed by atoms with Crippen LogP contribution in [0.1, 0.15) is 47.1 Å². The van der Waals surface area contributed by atoms with Crippen molar-refractivity contribution in [1.82, 2.24) is 20.1 Å². The van der Waals surface area contributed by atoms with E-state index in [2.05, 4.69) is 15.2 Å². The highest BCUT2D eigenvalue weighted by Crippen LogP contribution is 2.39. The van der Waals surface area contributed by atoms with Gasteiger partial charge in [-0.2, -0.15) is 31.4 Å². The molecule has 1 aliphatic heterocycles. The Morgan fingerprint density at radius 2 is 1.69 bits per heavy atom. The maximum atomic E-state index is 13.6. The molecule has 1 saturated heterocycles. The van der Waals surface area contributed by atoms with Gasteiger partial charge in [0.25, 0.3) is 0 Å². The Balaban J connectivity index is 1.66. The van der Waals surface area contributed by atoms with Crippen molar-refractivity contribution in [3.63, 3.8) is 0 Å². The van der Waals surface area contributed by atoms with Crippen molar-refractivity contribution in [2.75, 3.05) is 13.2 Å². The van der Waals surface area contributed by atoms with Crippen LogP contribution in [0, 0.1) is 5.82 Å². The predicted octanol–water partition coefficient (Wildman–Crippen LogP) is 5.66. The van der Waals surface area contributed by atoms with Crippen LogP contribution in [0.5, 0.6) is 0 Å². The van der Waals surface area contributed by atoms with Crippen molar-refractivity contribution < 1.29 is 40.2 Å². The molecule has 1 aliphatic rings. The summed E-state index contributed by atoms with van der Waals surface area (Å²) >= 11 is 0. The van der Waals surface area contributed by atoms with Gasteiger partial charge in [0, 0.05) is 6.54 Å². The molecule has 0 bridgehead atoms. The summed E-state index contributed by atoms with van der Waals surface area (Å²) in [6.45, 7) is 2.18. The molecule has 194 valence electrons. The number of aromatic amines is 1. The molecule has 2 aromatic carbocycles. The largest absolute Gasteiger partial charge is 0.416 e. The molecule has 13 heteroatoms. The summed E-state index contributed by atoms with van der Waals surface area (Å²) in [4.78, 5) is 5.98. The molecule has 1 aromatic heterocycles. The molecule has 0 amide bonds. The fraction of sp³-hybridized carbons (Fsp3) is 0.391. The van der Waals surface area contributed by atoms with E-state index in [1.54, 1.807) is 0 Å². The van der Waals surface area contributed by atoms with E-state index in [4.69, 9.17) is 9.47 Å². The van der Waals surface area contributed by atoms with Crippen molar-refractivity contribution in [2.24, 2.45) is 0 Å². The van der Waals surface area contributed by atoms with E-state index in [1.165, 1.54) is 37.5 Å². The smallest absolute Gasteiger partial charge is 0.349 e. The summed E-state index contributed by atoms with van der Waals surface area (Å²) in [5, 5.41) is 6.53. The third-order valence-corrected chi connectivity index (χ3v) is 5.76. The first-order chi connectivity index (χ1) is 16.9. The second-order valence-corrected chi connectivity index (χ2v) is 8.26. The lowest BCUT2D eigenvalue weighted by molar-refractivity contribution is -0.231. The third kappa shape index (κ3) is 6.02. The number of halogens is 7. The van der Waals surface area contributed by atoms with E-state index >= 15 is 0 Å². The lowest BCUT2D eigenvalue weighted by Gasteiger charge is -2.41. The maximum Gasteiger partial charge on any atom is 0.416 e. The Kier molecular flexibility index (Phi) is 7.34. The number of hydrogen-bond donors (Lipinski definition) is 1. The number of H-pyrrole nitrogens is 1. The maximum absolute atomic E-state index is 13.6. The van der Waals surface area contributed by atoms with Gasteiger partial charge in [0.2, 0.25) is 0 Å². The molecule has 1 fully saturated rings. The summed E-state index contributed by atoms with van der Waals surface area (Å²) < 4.78 is 105. The van der Waals surface area contributed by atoms with E-state index in [1.807, 2.05) is 4.90 Å². The molecule has 3 atom stereocenters. The number of aromatic nitrogens is 3. The van der Waals surface area contributed by atoms with Gasteiger partial charge in [0.15, 0.2) is 6.29 Å². The first-order valence-corrected chi connectivity index (χ1v) is 10.8. The summed E-state index contributed by atoms with van der Waals surface area (Å²) in [5.41, 5.74) is -2.61. The lowest BCUT2D eigenvalue weighted by atomic mass is 10.0. The van der Waals surface area contributed by atoms with Crippen LogP contribution in [-0.2, 0) is 28.4 Å². The van der Waals surface area contributed by atoms with E-state index in [0.717, 1.165) is 0 Å². The van der Waals surface area contributed by atoms with Crippen LogP contribution >= 0.6 is 0 Å². The van der Waals surface area contributed by atoms with E-state index in [0.29, 0.717) is 30.1 Å². The minimum absolute atomic E-state index is 0.0633. The highest BCUT2D eigenvalue weighted by atomic mass is 19.4. The number of hydrogen-bond acceptors (Lipinski definition) is 5. The van der Waals surface area contributed by atoms with Crippen molar-refractivity contribution in [1.29, 1.82) is 0 Å². The summed E-state index contributed by atoms with van der Waals surface area (Å²) in [7, 11) is 0. The highest BCUT2D eigenvalue weighted by Gasteiger charge is 2.39. The summed E-state index contributed by atoms with van der Waals surface area (Å²) in [6.07, 6.45) is -10.9. The summed E-state index contributed by atoms with van der Waals surface area (Å²) in [5.74, 6) is 0.0373. The minimum Gasteiger partial charge on any atom is -0.349 e. The van der Waals surface area contributed by atoms with Crippen LogP contribution in [0.4, 0.5) is 30.7 Å². The molecule has 4 rings (SSSR count). The third-order valence-electron chi connectivity index (χ3n) is 5.76. The van der Waals surface area contributed by atoms with Gasteiger partial charge in [-0.05, 0) is 48.4 Å². The van der Waals surface area contributed by atoms with E-state index < -0.39 is 47.7 Å². The quantitative estimate of drug-likeness (QED) is 0.427. The Bertz CT molecular complexity index is 1120. The first-order valence-electron chi connectivity index (χ1n) is 10.8. The molecule has 0 aliphatic carbocycles. The van der Waals surface area contributed by atoms with Crippen LogP contribution in [0.25, 0.3) is 0 Å². The van der Waals surface area contributed by atoms with E-state index in [9.17, 15) is 30.7 Å². The first kappa shape index (κ1) is 26.0. The molecule has 0 radical (unpaired) electrons. The van der Waals surface area contributed by atoms with Crippen molar-refractivity contribution in [3.8, 4) is 0 Å². The molecular weight excluding hydrogens is 497 g/mol. The molecule has 3 unspecified atom stereocenters. The van der Waals surface area contributed by atoms with Crippen molar-refractivity contribution in [2.45, 2.75) is 44.3 Å². The molecule has 6 nitrogen and oxygen atoms in total. The zero-order valence-electron chi connectivity index (χ0n) is 18.8. The standard InChI is InChI=1S/C23H21F7N4O2/c1-13(15-8-16(22(25,26)27)10-17(9-15)23(28,29)30)36-21-20(14-2-4-18(24)5-3-14)34(6-7-35-21)11-19-31-12-32-33-19/h2-5,8-10,12-13,20-21H,6-7,11H2,1H3,(H,31,32,33). The SMILES string of the molecule is CC(OC1OCCN(Cc2ncn[nH]2)C1c1ccc(F)cc1)c1cc(C(F)(F)F)cc(C(F)(F)F)c1. The minimum atomic E-state index is -4.98. The monoisotopic (exact) mass is 518 g/mol. The highest BCUT2D eigenvalue weighted by molar-refractivity contribution is 5.34. The van der Waals surface area contributed by atoms with Gasteiger partial charge in [0.05, 0.1) is 36.4 Å². The second-order valence-electron chi connectivity index (χ2n) is 8.26. The molecule has 0 saturated carbocycles. The predicted molar refractivity (Wildman–Crippen MR) is 112 cm³/mol.